The van der Waals surface area contributed by atoms with Gasteiger partial charge < -0.3 is 5.32 Å². The summed E-state index contributed by atoms with van der Waals surface area (Å²) in [5, 5.41) is 12.1. The van der Waals surface area contributed by atoms with Gasteiger partial charge in [0.25, 0.3) is 18.0 Å². The maximum Gasteiger partial charge on any atom is 0.270 e. The van der Waals surface area contributed by atoms with Crippen LogP contribution in [0, 0.1) is 15.9 Å². The highest BCUT2D eigenvalue weighted by Crippen LogP contribution is 2.16. The maximum atomic E-state index is 13.1. The summed E-state index contributed by atoms with van der Waals surface area (Å²) in [6.45, 7) is -0.943. The smallest absolute Gasteiger partial charge is 0.270 e. The quantitative estimate of drug-likeness (QED) is 0.651. The maximum absolute atomic E-state index is 13.1. The number of benzene rings is 1. The SMILES string of the molecule is O=C(NCC(F)F)c1cc([N+](=O)[O-])ccc1F. The molecule has 0 saturated heterocycles. The van der Waals surface area contributed by atoms with Crippen LogP contribution < -0.4 is 5.32 Å². The van der Waals surface area contributed by atoms with E-state index >= 15 is 0 Å². The van der Waals surface area contributed by atoms with Gasteiger partial charge in [0.1, 0.15) is 5.82 Å². The highest BCUT2D eigenvalue weighted by atomic mass is 19.3. The summed E-state index contributed by atoms with van der Waals surface area (Å²) in [4.78, 5) is 20.8. The molecule has 0 radical (unpaired) electrons. The predicted molar refractivity (Wildman–Crippen MR) is 51.4 cm³/mol. The fourth-order valence-electron chi connectivity index (χ4n) is 1.07. The zero-order valence-corrected chi connectivity index (χ0v) is 8.32. The first-order valence-corrected chi connectivity index (χ1v) is 4.42. The number of carbonyl (C=O) groups is 1. The third kappa shape index (κ3) is 3.44. The normalized spacial score (nSPS) is 10.4. The van der Waals surface area contributed by atoms with E-state index in [2.05, 4.69) is 0 Å². The Morgan fingerprint density at radius 3 is 2.65 bits per heavy atom. The van der Waals surface area contributed by atoms with Crippen LogP contribution in [0.2, 0.25) is 0 Å². The highest BCUT2D eigenvalue weighted by molar-refractivity contribution is 5.95. The first-order valence-electron chi connectivity index (χ1n) is 4.42. The van der Waals surface area contributed by atoms with Gasteiger partial charge in [-0.15, -0.1) is 0 Å². The molecule has 8 heteroatoms. The molecule has 1 aromatic carbocycles. The van der Waals surface area contributed by atoms with E-state index in [0.717, 1.165) is 12.1 Å². The van der Waals surface area contributed by atoms with E-state index in [1.807, 2.05) is 0 Å². The van der Waals surface area contributed by atoms with E-state index in [-0.39, 0.29) is 0 Å². The summed E-state index contributed by atoms with van der Waals surface area (Å²) >= 11 is 0. The second-order valence-electron chi connectivity index (χ2n) is 3.02. The van der Waals surface area contributed by atoms with E-state index in [1.165, 1.54) is 0 Å². The van der Waals surface area contributed by atoms with Gasteiger partial charge in [0, 0.05) is 12.1 Å². The lowest BCUT2D eigenvalue weighted by Crippen LogP contribution is -2.29. The van der Waals surface area contributed by atoms with Crippen molar-refractivity contribution in [1.82, 2.24) is 5.32 Å². The molecule has 0 unspecified atom stereocenters. The van der Waals surface area contributed by atoms with Crippen LogP contribution in [0.5, 0.6) is 0 Å². The van der Waals surface area contributed by atoms with Crippen LogP contribution in [0.1, 0.15) is 10.4 Å². The van der Waals surface area contributed by atoms with Crippen LogP contribution in [0.4, 0.5) is 18.9 Å². The minimum atomic E-state index is -2.78. The fourth-order valence-corrected chi connectivity index (χ4v) is 1.07. The highest BCUT2D eigenvalue weighted by Gasteiger charge is 2.17. The van der Waals surface area contributed by atoms with E-state index in [1.54, 1.807) is 5.32 Å². The van der Waals surface area contributed by atoms with Gasteiger partial charge in [-0.3, -0.25) is 14.9 Å². The number of halogens is 3. The van der Waals surface area contributed by atoms with Gasteiger partial charge in [0.05, 0.1) is 17.0 Å². The summed E-state index contributed by atoms with van der Waals surface area (Å²) in [5.74, 6) is -2.13. The van der Waals surface area contributed by atoms with Crippen molar-refractivity contribution in [2.24, 2.45) is 0 Å². The summed E-state index contributed by atoms with van der Waals surface area (Å²) in [6.07, 6.45) is -2.78. The first-order chi connectivity index (χ1) is 7.91. The molecule has 0 atom stereocenters. The van der Waals surface area contributed by atoms with Gasteiger partial charge in [-0.1, -0.05) is 0 Å². The number of nitrogens with one attached hydrogen (secondary N) is 1. The molecule has 0 aliphatic carbocycles. The van der Waals surface area contributed by atoms with Crippen molar-refractivity contribution in [3.05, 3.63) is 39.7 Å². The molecule has 1 rings (SSSR count). The Bertz CT molecular complexity index is 451. The van der Waals surface area contributed by atoms with Gasteiger partial charge in [0.15, 0.2) is 0 Å². The van der Waals surface area contributed by atoms with Crippen molar-refractivity contribution in [3.63, 3.8) is 0 Å². The number of nitrogens with zero attached hydrogens (tertiary/aromatic N) is 1. The van der Waals surface area contributed by atoms with Crippen molar-refractivity contribution in [3.8, 4) is 0 Å². The Kier molecular flexibility index (Phi) is 4.02. The molecule has 0 aliphatic rings. The number of alkyl halides is 2. The summed E-state index contributed by atoms with van der Waals surface area (Å²) < 4.78 is 36.7. The lowest BCUT2D eigenvalue weighted by molar-refractivity contribution is -0.384. The van der Waals surface area contributed by atoms with E-state index < -0.39 is 40.9 Å². The number of hydrogen-bond acceptors (Lipinski definition) is 3. The monoisotopic (exact) mass is 248 g/mol. The number of hydrogen-bond donors (Lipinski definition) is 1. The Morgan fingerprint density at radius 2 is 2.12 bits per heavy atom. The van der Waals surface area contributed by atoms with Crippen molar-refractivity contribution in [1.29, 1.82) is 0 Å². The largest absolute Gasteiger partial charge is 0.346 e. The molecule has 1 amide bonds. The molecular formula is C9H7F3N2O3. The van der Waals surface area contributed by atoms with Gasteiger partial charge in [0.2, 0.25) is 0 Å². The third-order valence-electron chi connectivity index (χ3n) is 1.82. The third-order valence-corrected chi connectivity index (χ3v) is 1.82. The second-order valence-corrected chi connectivity index (χ2v) is 3.02. The van der Waals surface area contributed by atoms with Crippen LogP contribution >= 0.6 is 0 Å². The number of nitro benzene ring substituents is 1. The number of rotatable bonds is 4. The van der Waals surface area contributed by atoms with Crippen molar-refractivity contribution >= 4 is 11.6 Å². The van der Waals surface area contributed by atoms with Crippen LogP contribution in [-0.4, -0.2) is 23.8 Å². The molecule has 5 nitrogen and oxygen atoms in total. The molecule has 1 aromatic rings. The minimum Gasteiger partial charge on any atom is -0.346 e. The Hall–Kier alpha value is -2.12. The van der Waals surface area contributed by atoms with Gasteiger partial charge in [-0.25, -0.2) is 13.2 Å². The molecule has 0 saturated carbocycles. The van der Waals surface area contributed by atoms with Crippen molar-refractivity contribution in [2.45, 2.75) is 6.43 Å². The Labute approximate surface area is 93.4 Å². The van der Waals surface area contributed by atoms with Crippen LogP contribution in [0.15, 0.2) is 18.2 Å². The predicted octanol–water partition coefficient (Wildman–Crippen LogP) is 1.73. The molecule has 0 spiro atoms. The van der Waals surface area contributed by atoms with Gasteiger partial charge in [-0.05, 0) is 6.07 Å². The number of non-ortho nitro benzene ring substituents is 1. The van der Waals surface area contributed by atoms with Crippen LogP contribution in [0.25, 0.3) is 0 Å². The molecule has 92 valence electrons. The summed E-state index contributed by atoms with van der Waals surface area (Å²) in [5.41, 5.74) is -1.13. The average Bonchev–Trinajstić information content (AvgIpc) is 2.26. The van der Waals surface area contributed by atoms with Gasteiger partial charge >= 0.3 is 0 Å². The number of carbonyl (C=O) groups excluding carboxylic acids is 1. The minimum absolute atomic E-state index is 0.492. The molecule has 0 bridgehead atoms. The molecule has 0 aliphatic heterocycles. The molecule has 17 heavy (non-hydrogen) atoms. The Morgan fingerprint density at radius 1 is 1.47 bits per heavy atom. The van der Waals surface area contributed by atoms with E-state index in [4.69, 9.17) is 0 Å². The average molecular weight is 248 g/mol. The summed E-state index contributed by atoms with van der Waals surface area (Å²) in [7, 11) is 0. The zero-order valence-electron chi connectivity index (χ0n) is 8.32. The zero-order chi connectivity index (χ0) is 13.0. The molecule has 0 heterocycles. The van der Waals surface area contributed by atoms with Crippen molar-refractivity contribution in [2.75, 3.05) is 6.54 Å². The second kappa shape index (κ2) is 5.28. The molecule has 1 N–H and O–H groups in total. The molecule has 0 aromatic heterocycles. The van der Waals surface area contributed by atoms with Gasteiger partial charge in [-0.2, -0.15) is 0 Å². The van der Waals surface area contributed by atoms with Crippen LogP contribution in [0.3, 0.4) is 0 Å². The van der Waals surface area contributed by atoms with E-state index in [9.17, 15) is 28.1 Å². The van der Waals surface area contributed by atoms with Crippen LogP contribution in [-0.2, 0) is 0 Å². The first kappa shape index (κ1) is 12.9. The van der Waals surface area contributed by atoms with Crippen molar-refractivity contribution < 1.29 is 22.9 Å². The van der Waals surface area contributed by atoms with E-state index in [0.29, 0.717) is 6.07 Å². The summed E-state index contributed by atoms with van der Waals surface area (Å²) in [6, 6.07) is 2.30. The molecular weight excluding hydrogens is 241 g/mol. The fraction of sp³-hybridized carbons (Fsp3) is 0.222. The number of amides is 1. The lowest BCUT2D eigenvalue weighted by Gasteiger charge is -2.05. The number of nitro groups is 1. The topological polar surface area (TPSA) is 72.2 Å². The molecule has 0 fully saturated rings. The lowest BCUT2D eigenvalue weighted by atomic mass is 10.1. The Balaban J connectivity index is 2.92. The standard InChI is InChI=1S/C9H7F3N2O3/c10-7-2-1-5(14(16)17)3-6(7)9(15)13-4-8(11)12/h1-3,8H,4H2,(H,13,15).